The zero-order chi connectivity index (χ0) is 16.4. The van der Waals surface area contributed by atoms with Gasteiger partial charge in [-0.2, -0.15) is 0 Å². The Bertz CT molecular complexity index is 722. The summed E-state index contributed by atoms with van der Waals surface area (Å²) in [6, 6.07) is 3.43. The van der Waals surface area contributed by atoms with Crippen molar-refractivity contribution in [3.05, 3.63) is 22.5 Å². The van der Waals surface area contributed by atoms with Crippen molar-refractivity contribution in [1.82, 2.24) is 9.71 Å². The third kappa shape index (κ3) is 3.57. The van der Waals surface area contributed by atoms with Crippen LogP contribution in [-0.2, 0) is 10.0 Å². The molecule has 5 nitrogen and oxygen atoms in total. The van der Waals surface area contributed by atoms with E-state index in [1.807, 2.05) is 26.2 Å². The monoisotopic (exact) mass is 359 g/mol. The molecule has 0 fully saturated rings. The lowest BCUT2D eigenvalue weighted by atomic mass is 9.95. The number of thiophene rings is 1. The highest BCUT2D eigenvalue weighted by Gasteiger charge is 2.31. The van der Waals surface area contributed by atoms with Crippen molar-refractivity contribution < 1.29 is 8.42 Å². The number of aromatic nitrogens is 1. The van der Waals surface area contributed by atoms with E-state index in [4.69, 9.17) is 5.73 Å². The van der Waals surface area contributed by atoms with Crippen LogP contribution in [0.5, 0.6) is 0 Å². The Morgan fingerprint density at radius 1 is 1.32 bits per heavy atom. The maximum absolute atomic E-state index is 12.6. The van der Waals surface area contributed by atoms with Gasteiger partial charge in [-0.3, -0.25) is 0 Å². The molecule has 0 bridgehead atoms. The van der Waals surface area contributed by atoms with Gasteiger partial charge in [0.15, 0.2) is 0 Å². The molecule has 0 spiro atoms. The third-order valence-electron chi connectivity index (χ3n) is 3.81. The van der Waals surface area contributed by atoms with E-state index in [1.54, 1.807) is 23.5 Å². The lowest BCUT2D eigenvalue weighted by Gasteiger charge is -2.30. The molecule has 0 atom stereocenters. The first-order valence-electron chi connectivity index (χ1n) is 7.12. The summed E-state index contributed by atoms with van der Waals surface area (Å²) in [5.74, 6) is 0. The fourth-order valence-electron chi connectivity index (χ4n) is 2.14. The molecule has 3 N–H and O–H groups in total. The molecular weight excluding hydrogens is 338 g/mol. The van der Waals surface area contributed by atoms with Crippen LogP contribution in [0, 0.1) is 6.92 Å². The summed E-state index contributed by atoms with van der Waals surface area (Å²) in [5, 5.41) is 2.90. The van der Waals surface area contributed by atoms with E-state index in [1.165, 1.54) is 11.3 Å². The van der Waals surface area contributed by atoms with Gasteiger partial charge in [0.25, 0.3) is 10.0 Å². The number of rotatable bonds is 7. The Morgan fingerprint density at radius 3 is 2.50 bits per heavy atom. The molecule has 0 aliphatic rings. The van der Waals surface area contributed by atoms with Crippen LogP contribution in [0.4, 0.5) is 0 Å². The summed E-state index contributed by atoms with van der Waals surface area (Å²) in [4.78, 5) is 5.25. The van der Waals surface area contributed by atoms with Crippen LogP contribution < -0.4 is 10.5 Å². The Balaban J connectivity index is 2.29. The van der Waals surface area contributed by atoms with E-state index >= 15 is 0 Å². The van der Waals surface area contributed by atoms with Crippen LogP contribution in [-0.4, -0.2) is 25.5 Å². The van der Waals surface area contributed by atoms with Gasteiger partial charge in [-0.05, 0) is 31.9 Å². The van der Waals surface area contributed by atoms with Crippen LogP contribution in [0.25, 0.3) is 10.6 Å². The molecule has 0 aromatic carbocycles. The Hall–Kier alpha value is -0.800. The first kappa shape index (κ1) is 17.6. The van der Waals surface area contributed by atoms with Crippen LogP contribution in [0.3, 0.4) is 0 Å². The van der Waals surface area contributed by atoms with Gasteiger partial charge >= 0.3 is 0 Å². The predicted molar refractivity (Wildman–Crippen MR) is 92.9 cm³/mol. The topological polar surface area (TPSA) is 85.1 Å². The predicted octanol–water partition coefficient (Wildman–Crippen LogP) is 2.98. The average Bonchev–Trinajstić information content (AvgIpc) is 3.14. The van der Waals surface area contributed by atoms with Crippen molar-refractivity contribution in [2.75, 3.05) is 6.54 Å². The zero-order valence-corrected chi connectivity index (χ0v) is 15.4. The molecule has 122 valence electrons. The second kappa shape index (κ2) is 6.76. The lowest BCUT2D eigenvalue weighted by Crippen LogP contribution is -2.52. The van der Waals surface area contributed by atoms with E-state index in [0.717, 1.165) is 15.6 Å². The average molecular weight is 360 g/mol. The van der Waals surface area contributed by atoms with E-state index in [9.17, 15) is 8.42 Å². The number of hydrogen-bond acceptors (Lipinski definition) is 6. The third-order valence-corrected chi connectivity index (χ3v) is 7.76. The molecule has 2 aromatic heterocycles. The number of nitrogens with zero attached hydrogens (tertiary/aromatic N) is 1. The van der Waals surface area contributed by atoms with Gasteiger partial charge in [0, 0.05) is 17.5 Å². The summed E-state index contributed by atoms with van der Waals surface area (Å²) >= 11 is 2.78. The number of nitrogens with one attached hydrogen (secondary N) is 1. The van der Waals surface area contributed by atoms with E-state index in [0.29, 0.717) is 17.1 Å². The van der Waals surface area contributed by atoms with Crippen molar-refractivity contribution >= 4 is 32.7 Å². The first-order chi connectivity index (χ1) is 10.4. The van der Waals surface area contributed by atoms with Crippen LogP contribution in [0.15, 0.2) is 21.7 Å². The highest BCUT2D eigenvalue weighted by Crippen LogP contribution is 2.32. The Kier molecular flexibility index (Phi) is 5.39. The molecule has 2 heterocycles. The second-order valence-electron chi connectivity index (χ2n) is 5.17. The minimum absolute atomic E-state index is 0.280. The summed E-state index contributed by atoms with van der Waals surface area (Å²) < 4.78 is 28.3. The summed E-state index contributed by atoms with van der Waals surface area (Å²) in [5.41, 5.74) is 6.02. The van der Waals surface area contributed by atoms with Gasteiger partial charge in [-0.15, -0.1) is 22.7 Å². The largest absolute Gasteiger partial charge is 0.329 e. The van der Waals surface area contributed by atoms with E-state index < -0.39 is 15.6 Å². The molecule has 22 heavy (non-hydrogen) atoms. The maximum atomic E-state index is 12.6. The van der Waals surface area contributed by atoms with Crippen molar-refractivity contribution in [1.29, 1.82) is 0 Å². The van der Waals surface area contributed by atoms with E-state index in [2.05, 4.69) is 9.71 Å². The molecule has 0 unspecified atom stereocenters. The highest BCUT2D eigenvalue weighted by molar-refractivity contribution is 7.91. The quantitative estimate of drug-likeness (QED) is 0.796. The number of aryl methyl sites for hydroxylation is 1. The molecule has 0 aliphatic carbocycles. The van der Waals surface area contributed by atoms with E-state index in [-0.39, 0.29) is 6.54 Å². The first-order valence-corrected chi connectivity index (χ1v) is 10.3. The fraction of sp³-hybridized carbons (Fsp3) is 0.500. The molecular formula is C14H21N3O2S3. The minimum atomic E-state index is -3.57. The van der Waals surface area contributed by atoms with Crippen LogP contribution in [0.1, 0.15) is 31.7 Å². The van der Waals surface area contributed by atoms with Crippen LogP contribution >= 0.6 is 22.7 Å². The molecule has 0 amide bonds. The number of thiazole rings is 1. The number of sulfonamides is 1. The Morgan fingerprint density at radius 2 is 2.00 bits per heavy atom. The standard InChI is InChI=1S/C14H21N3O2S3/c1-4-14(5-2,9-15)17-22(18,19)13-7-6-12(21-13)11-8-20-10(3)16-11/h6-8,17H,4-5,9,15H2,1-3H3. The Labute approximate surface area is 139 Å². The molecule has 0 radical (unpaired) electrons. The summed E-state index contributed by atoms with van der Waals surface area (Å²) in [6.07, 6.45) is 1.31. The van der Waals surface area contributed by atoms with Crippen molar-refractivity contribution in [2.24, 2.45) is 5.73 Å². The molecule has 0 saturated heterocycles. The minimum Gasteiger partial charge on any atom is -0.329 e. The van der Waals surface area contributed by atoms with Crippen molar-refractivity contribution in [3.8, 4) is 10.6 Å². The zero-order valence-electron chi connectivity index (χ0n) is 12.9. The fourth-order valence-corrected chi connectivity index (χ4v) is 5.65. The molecule has 2 rings (SSSR count). The van der Waals surface area contributed by atoms with Gasteiger partial charge in [0.2, 0.25) is 0 Å². The molecule has 0 aliphatic heterocycles. The van der Waals surface area contributed by atoms with Crippen LogP contribution in [0.2, 0.25) is 0 Å². The molecule has 2 aromatic rings. The van der Waals surface area contributed by atoms with Gasteiger partial charge in [0.1, 0.15) is 4.21 Å². The van der Waals surface area contributed by atoms with Crippen molar-refractivity contribution in [2.45, 2.75) is 43.4 Å². The second-order valence-corrected chi connectivity index (χ2v) is 9.22. The van der Waals surface area contributed by atoms with Gasteiger partial charge in [-0.1, -0.05) is 13.8 Å². The lowest BCUT2D eigenvalue weighted by molar-refractivity contribution is 0.363. The molecule has 0 saturated carbocycles. The van der Waals surface area contributed by atoms with Gasteiger partial charge in [0.05, 0.1) is 15.6 Å². The van der Waals surface area contributed by atoms with Gasteiger partial charge in [-0.25, -0.2) is 18.1 Å². The smallest absolute Gasteiger partial charge is 0.250 e. The number of hydrogen-bond donors (Lipinski definition) is 2. The molecule has 8 heteroatoms. The highest BCUT2D eigenvalue weighted by atomic mass is 32.2. The van der Waals surface area contributed by atoms with Gasteiger partial charge < -0.3 is 5.73 Å². The van der Waals surface area contributed by atoms with Crippen molar-refractivity contribution in [3.63, 3.8) is 0 Å². The normalized spacial score (nSPS) is 12.7. The summed E-state index contributed by atoms with van der Waals surface area (Å²) in [6.45, 7) is 6.09. The maximum Gasteiger partial charge on any atom is 0.250 e. The SMILES string of the molecule is CCC(CC)(CN)NS(=O)(=O)c1ccc(-c2csc(C)n2)s1. The number of nitrogens with two attached hydrogens (primary N) is 1. The summed E-state index contributed by atoms with van der Waals surface area (Å²) in [7, 11) is -3.57.